The normalized spacial score (nSPS) is 14.9. The fourth-order valence-electron chi connectivity index (χ4n) is 1.37. The molecule has 0 aliphatic heterocycles. The summed E-state index contributed by atoms with van der Waals surface area (Å²) in [5.41, 5.74) is -1.69. The van der Waals surface area contributed by atoms with Crippen LogP contribution >= 0.6 is 0 Å². The van der Waals surface area contributed by atoms with Gasteiger partial charge in [-0.1, -0.05) is 0 Å². The molecule has 0 aromatic heterocycles. The maximum Gasteiger partial charge on any atom is 0.416 e. The predicted octanol–water partition coefficient (Wildman–Crippen LogP) is 2.15. The van der Waals surface area contributed by atoms with Crippen molar-refractivity contribution >= 4 is 0 Å². The van der Waals surface area contributed by atoms with Crippen molar-refractivity contribution in [2.24, 2.45) is 0 Å². The lowest BCUT2D eigenvalue weighted by Gasteiger charge is -2.17. The summed E-state index contributed by atoms with van der Waals surface area (Å²) >= 11 is 0. The standard InChI is InChI=1S/C11H9F4NO2/c12-8-4-6(10(18)9(17)1-2-16)3-7(5-8)11(13,14)15/h3-5,9-10,17-18H,1H2. The highest BCUT2D eigenvalue weighted by Crippen LogP contribution is 2.32. The first-order valence-corrected chi connectivity index (χ1v) is 4.86. The summed E-state index contributed by atoms with van der Waals surface area (Å²) in [7, 11) is 0. The highest BCUT2D eigenvalue weighted by atomic mass is 19.4. The molecule has 0 saturated heterocycles. The first-order chi connectivity index (χ1) is 8.25. The first kappa shape index (κ1) is 14.4. The molecule has 0 bridgehead atoms. The van der Waals surface area contributed by atoms with Crippen LogP contribution in [0.1, 0.15) is 23.7 Å². The molecule has 2 N–H and O–H groups in total. The molecule has 7 heteroatoms. The van der Waals surface area contributed by atoms with Gasteiger partial charge < -0.3 is 10.2 Å². The number of alkyl halides is 3. The van der Waals surface area contributed by atoms with Gasteiger partial charge in [-0.2, -0.15) is 18.4 Å². The van der Waals surface area contributed by atoms with Crippen LogP contribution in [0.4, 0.5) is 17.6 Å². The van der Waals surface area contributed by atoms with Gasteiger partial charge in [-0.15, -0.1) is 0 Å². The number of nitriles is 1. The van der Waals surface area contributed by atoms with Crippen LogP contribution in [0, 0.1) is 17.1 Å². The summed E-state index contributed by atoms with van der Waals surface area (Å²) in [6.07, 6.45) is -8.55. The van der Waals surface area contributed by atoms with Crippen LogP contribution in [0.5, 0.6) is 0 Å². The lowest BCUT2D eigenvalue weighted by atomic mass is 10.00. The lowest BCUT2D eigenvalue weighted by molar-refractivity contribution is -0.137. The van der Waals surface area contributed by atoms with Gasteiger partial charge in [0.1, 0.15) is 11.9 Å². The second-order valence-corrected chi connectivity index (χ2v) is 3.65. The molecule has 0 saturated carbocycles. The van der Waals surface area contributed by atoms with E-state index < -0.39 is 41.7 Å². The Morgan fingerprint density at radius 3 is 2.33 bits per heavy atom. The van der Waals surface area contributed by atoms with Crippen molar-refractivity contribution in [3.05, 3.63) is 35.1 Å². The van der Waals surface area contributed by atoms with Gasteiger partial charge in [-0.25, -0.2) is 4.39 Å². The molecular formula is C11H9F4NO2. The number of nitrogens with zero attached hydrogens (tertiary/aromatic N) is 1. The zero-order valence-electron chi connectivity index (χ0n) is 8.95. The molecule has 0 heterocycles. The van der Waals surface area contributed by atoms with Crippen molar-refractivity contribution in [2.45, 2.75) is 24.8 Å². The summed E-state index contributed by atoms with van der Waals surface area (Å²) < 4.78 is 50.2. The van der Waals surface area contributed by atoms with Crippen LogP contribution in [0.3, 0.4) is 0 Å². The van der Waals surface area contributed by atoms with E-state index in [0.29, 0.717) is 12.1 Å². The van der Waals surface area contributed by atoms with E-state index >= 15 is 0 Å². The van der Waals surface area contributed by atoms with Gasteiger partial charge >= 0.3 is 6.18 Å². The number of rotatable bonds is 3. The van der Waals surface area contributed by atoms with Gasteiger partial charge in [-0.3, -0.25) is 0 Å². The zero-order chi connectivity index (χ0) is 13.9. The van der Waals surface area contributed by atoms with Gasteiger partial charge in [0.2, 0.25) is 0 Å². The van der Waals surface area contributed by atoms with Gasteiger partial charge in [-0.05, 0) is 23.8 Å². The topological polar surface area (TPSA) is 64.2 Å². The summed E-state index contributed by atoms with van der Waals surface area (Å²) in [5, 5.41) is 27.1. The molecule has 0 aliphatic carbocycles. The molecule has 2 atom stereocenters. The van der Waals surface area contributed by atoms with E-state index in [1.54, 1.807) is 6.07 Å². The van der Waals surface area contributed by atoms with E-state index in [0.717, 1.165) is 0 Å². The Balaban J connectivity index is 3.11. The Morgan fingerprint density at radius 1 is 1.22 bits per heavy atom. The van der Waals surface area contributed by atoms with E-state index in [1.165, 1.54) is 0 Å². The van der Waals surface area contributed by atoms with Crippen LogP contribution in [-0.4, -0.2) is 16.3 Å². The van der Waals surface area contributed by atoms with Crippen molar-refractivity contribution in [3.63, 3.8) is 0 Å². The second-order valence-electron chi connectivity index (χ2n) is 3.65. The van der Waals surface area contributed by atoms with Gasteiger partial charge in [0, 0.05) is 0 Å². The molecule has 0 fully saturated rings. The number of hydrogen-bond donors (Lipinski definition) is 2. The third-order valence-electron chi connectivity index (χ3n) is 2.25. The summed E-state index contributed by atoms with van der Waals surface area (Å²) in [5.74, 6) is -1.18. The van der Waals surface area contributed by atoms with Crippen molar-refractivity contribution in [1.29, 1.82) is 5.26 Å². The average molecular weight is 263 g/mol. The van der Waals surface area contributed by atoms with Crippen molar-refractivity contribution in [3.8, 4) is 6.07 Å². The number of hydrogen-bond acceptors (Lipinski definition) is 3. The minimum absolute atomic E-state index is 0.285. The van der Waals surface area contributed by atoms with Crippen molar-refractivity contribution in [2.75, 3.05) is 0 Å². The highest BCUT2D eigenvalue weighted by Gasteiger charge is 2.32. The molecule has 18 heavy (non-hydrogen) atoms. The molecule has 0 spiro atoms. The van der Waals surface area contributed by atoms with E-state index in [2.05, 4.69) is 0 Å². The maximum absolute atomic E-state index is 13.0. The molecule has 2 unspecified atom stereocenters. The third kappa shape index (κ3) is 3.42. The van der Waals surface area contributed by atoms with Crippen molar-refractivity contribution < 1.29 is 27.8 Å². The smallest absolute Gasteiger partial charge is 0.389 e. The minimum Gasteiger partial charge on any atom is -0.389 e. The monoisotopic (exact) mass is 263 g/mol. The summed E-state index contributed by atoms with van der Waals surface area (Å²) in [6.45, 7) is 0. The van der Waals surface area contributed by atoms with Crippen molar-refractivity contribution in [1.82, 2.24) is 0 Å². The molecule has 0 amide bonds. The fraction of sp³-hybridized carbons (Fsp3) is 0.364. The first-order valence-electron chi connectivity index (χ1n) is 4.86. The van der Waals surface area contributed by atoms with Crippen LogP contribution in [0.15, 0.2) is 18.2 Å². The van der Waals surface area contributed by atoms with E-state index in [4.69, 9.17) is 5.26 Å². The van der Waals surface area contributed by atoms with Crippen LogP contribution in [-0.2, 0) is 6.18 Å². The van der Waals surface area contributed by atoms with Gasteiger partial charge in [0.15, 0.2) is 0 Å². The fourth-order valence-corrected chi connectivity index (χ4v) is 1.37. The number of benzene rings is 1. The largest absolute Gasteiger partial charge is 0.416 e. The van der Waals surface area contributed by atoms with E-state index in [-0.39, 0.29) is 6.07 Å². The third-order valence-corrected chi connectivity index (χ3v) is 2.25. The highest BCUT2D eigenvalue weighted by molar-refractivity contribution is 5.29. The Morgan fingerprint density at radius 2 is 1.83 bits per heavy atom. The Labute approximate surface area is 99.9 Å². The van der Waals surface area contributed by atoms with Gasteiger partial charge in [0.05, 0.1) is 24.2 Å². The van der Waals surface area contributed by atoms with Crippen LogP contribution in [0.2, 0.25) is 0 Å². The minimum atomic E-state index is -4.75. The summed E-state index contributed by atoms with van der Waals surface area (Å²) in [4.78, 5) is 0. The quantitative estimate of drug-likeness (QED) is 0.821. The zero-order valence-corrected chi connectivity index (χ0v) is 8.95. The summed E-state index contributed by atoms with van der Waals surface area (Å²) in [6, 6.07) is 3.05. The maximum atomic E-state index is 13.0. The van der Waals surface area contributed by atoms with E-state index in [1.807, 2.05) is 0 Å². The molecule has 3 nitrogen and oxygen atoms in total. The Hall–Kier alpha value is -1.65. The number of aliphatic hydroxyl groups is 2. The Bertz CT molecular complexity index is 467. The average Bonchev–Trinajstić information content (AvgIpc) is 2.26. The van der Waals surface area contributed by atoms with Crippen LogP contribution in [0.25, 0.3) is 0 Å². The molecule has 0 aliphatic rings. The lowest BCUT2D eigenvalue weighted by Crippen LogP contribution is -2.18. The molecule has 0 radical (unpaired) electrons. The second kappa shape index (κ2) is 5.33. The molecule has 1 aromatic carbocycles. The van der Waals surface area contributed by atoms with Crippen LogP contribution < -0.4 is 0 Å². The number of aliphatic hydroxyl groups excluding tert-OH is 2. The molecule has 98 valence electrons. The molecule has 1 aromatic rings. The SMILES string of the molecule is N#CCC(O)C(O)c1cc(F)cc(C(F)(F)F)c1. The molecular weight excluding hydrogens is 254 g/mol. The van der Waals surface area contributed by atoms with E-state index in [9.17, 15) is 27.8 Å². The number of halogens is 4. The predicted molar refractivity (Wildman–Crippen MR) is 52.6 cm³/mol. The molecule has 1 rings (SSSR count). The van der Waals surface area contributed by atoms with Gasteiger partial charge in [0.25, 0.3) is 0 Å². The Kier molecular flexibility index (Phi) is 4.27.